The van der Waals surface area contributed by atoms with Crippen molar-refractivity contribution in [3.05, 3.63) is 68.6 Å². The molecule has 30 heavy (non-hydrogen) atoms. The van der Waals surface area contributed by atoms with E-state index < -0.39 is 28.1 Å². The Bertz CT molecular complexity index is 1110. The van der Waals surface area contributed by atoms with Crippen molar-refractivity contribution in [3.8, 4) is 17.2 Å². The van der Waals surface area contributed by atoms with E-state index in [2.05, 4.69) is 6.92 Å². The van der Waals surface area contributed by atoms with Gasteiger partial charge in [0.15, 0.2) is 0 Å². The van der Waals surface area contributed by atoms with E-state index >= 15 is 0 Å². The molecule has 3 aromatic rings. The van der Waals surface area contributed by atoms with Crippen molar-refractivity contribution in [2.75, 3.05) is 13.2 Å². The molecule has 1 aromatic heterocycles. The number of hydrogen-bond donors (Lipinski definition) is 2. The van der Waals surface area contributed by atoms with Gasteiger partial charge in [-0.25, -0.2) is 4.79 Å². The van der Waals surface area contributed by atoms with Crippen molar-refractivity contribution in [2.24, 2.45) is 0 Å². The first kappa shape index (κ1) is 21.1. The third-order valence-corrected chi connectivity index (χ3v) is 4.38. The molecule has 0 radical (unpaired) electrons. The molecule has 0 fully saturated rings. The summed E-state index contributed by atoms with van der Waals surface area (Å²) in [5, 5.41) is 31.0. The van der Waals surface area contributed by atoms with E-state index in [9.17, 15) is 25.1 Å². The van der Waals surface area contributed by atoms with Crippen LogP contribution in [-0.4, -0.2) is 34.5 Å². The van der Waals surface area contributed by atoms with Gasteiger partial charge in [-0.1, -0.05) is 31.5 Å². The van der Waals surface area contributed by atoms with Crippen molar-refractivity contribution in [2.45, 2.75) is 25.9 Å². The van der Waals surface area contributed by atoms with Gasteiger partial charge in [-0.05, 0) is 30.2 Å². The number of aliphatic hydroxyl groups is 1. The van der Waals surface area contributed by atoms with Gasteiger partial charge in [0.25, 0.3) is 0 Å². The first-order valence-electron chi connectivity index (χ1n) is 9.36. The highest BCUT2D eigenvalue weighted by molar-refractivity contribution is 5.87. The number of aromatic hydroxyl groups is 1. The predicted octanol–water partition coefficient (Wildman–Crippen LogP) is 3.18. The predicted molar refractivity (Wildman–Crippen MR) is 108 cm³/mol. The second kappa shape index (κ2) is 9.27. The Morgan fingerprint density at radius 2 is 1.90 bits per heavy atom. The van der Waals surface area contributed by atoms with Gasteiger partial charge in [-0.3, -0.25) is 10.1 Å². The summed E-state index contributed by atoms with van der Waals surface area (Å²) in [6, 6.07) is 11.7. The lowest BCUT2D eigenvalue weighted by Gasteiger charge is -2.15. The highest BCUT2D eigenvalue weighted by Crippen LogP contribution is 2.32. The molecule has 2 aromatic carbocycles. The lowest BCUT2D eigenvalue weighted by Crippen LogP contribution is -2.25. The van der Waals surface area contributed by atoms with Gasteiger partial charge in [-0.2, -0.15) is 0 Å². The molecule has 1 heterocycles. The van der Waals surface area contributed by atoms with Crippen molar-refractivity contribution in [1.29, 1.82) is 0 Å². The van der Waals surface area contributed by atoms with Crippen LogP contribution in [0, 0.1) is 10.1 Å². The SMILES string of the molecule is CCCc1ccccc1OCC(O)COc1ccc2c(O)c([N+](=O)[O-])c(=O)oc2c1. The molecule has 1 atom stereocenters. The number of para-hydroxylation sites is 1. The Kier molecular flexibility index (Phi) is 6.53. The van der Waals surface area contributed by atoms with Crippen LogP contribution in [0.2, 0.25) is 0 Å². The molecule has 0 aliphatic carbocycles. The number of hydrogen-bond acceptors (Lipinski definition) is 8. The maximum Gasteiger partial charge on any atom is 0.419 e. The van der Waals surface area contributed by atoms with Gasteiger partial charge < -0.3 is 24.1 Å². The van der Waals surface area contributed by atoms with Crippen LogP contribution < -0.4 is 15.1 Å². The van der Waals surface area contributed by atoms with E-state index in [4.69, 9.17) is 13.9 Å². The van der Waals surface area contributed by atoms with E-state index in [0.29, 0.717) is 5.75 Å². The van der Waals surface area contributed by atoms with Gasteiger partial charge in [0, 0.05) is 6.07 Å². The van der Waals surface area contributed by atoms with E-state index in [0.717, 1.165) is 18.4 Å². The number of rotatable bonds is 9. The van der Waals surface area contributed by atoms with Crippen molar-refractivity contribution < 1.29 is 29.0 Å². The van der Waals surface area contributed by atoms with Crippen LogP contribution in [0.25, 0.3) is 11.0 Å². The number of aryl methyl sites for hydroxylation is 1. The molecule has 0 amide bonds. The number of nitro groups is 1. The summed E-state index contributed by atoms with van der Waals surface area (Å²) in [7, 11) is 0. The first-order chi connectivity index (χ1) is 14.4. The van der Waals surface area contributed by atoms with Crippen LogP contribution in [0.1, 0.15) is 18.9 Å². The van der Waals surface area contributed by atoms with Crippen LogP contribution in [0.15, 0.2) is 51.7 Å². The van der Waals surface area contributed by atoms with Gasteiger partial charge >= 0.3 is 11.3 Å². The molecule has 0 bridgehead atoms. The highest BCUT2D eigenvalue weighted by Gasteiger charge is 2.24. The molecule has 9 nitrogen and oxygen atoms in total. The van der Waals surface area contributed by atoms with Crippen molar-refractivity contribution in [3.63, 3.8) is 0 Å². The monoisotopic (exact) mass is 415 g/mol. The van der Waals surface area contributed by atoms with Crippen LogP contribution >= 0.6 is 0 Å². The Morgan fingerprint density at radius 1 is 1.17 bits per heavy atom. The Balaban J connectivity index is 1.65. The molecule has 0 spiro atoms. The van der Waals surface area contributed by atoms with E-state index in [1.165, 1.54) is 18.2 Å². The molecule has 158 valence electrons. The Morgan fingerprint density at radius 3 is 2.63 bits per heavy atom. The molecule has 3 rings (SSSR count). The molecule has 1 unspecified atom stereocenters. The van der Waals surface area contributed by atoms with Crippen LogP contribution in [0.5, 0.6) is 17.2 Å². The minimum atomic E-state index is -1.26. The summed E-state index contributed by atoms with van der Waals surface area (Å²) in [5.74, 6) is 0.198. The summed E-state index contributed by atoms with van der Waals surface area (Å²) in [4.78, 5) is 21.6. The lowest BCUT2D eigenvalue weighted by molar-refractivity contribution is -0.388. The Labute approximate surface area is 171 Å². The van der Waals surface area contributed by atoms with Crippen LogP contribution in [-0.2, 0) is 6.42 Å². The minimum absolute atomic E-state index is 0.00469. The van der Waals surface area contributed by atoms with Crippen molar-refractivity contribution in [1.82, 2.24) is 0 Å². The lowest BCUT2D eigenvalue weighted by atomic mass is 10.1. The van der Waals surface area contributed by atoms with Gasteiger partial charge in [0.1, 0.15) is 36.4 Å². The smallest absolute Gasteiger partial charge is 0.419 e. The third-order valence-electron chi connectivity index (χ3n) is 4.38. The summed E-state index contributed by atoms with van der Waals surface area (Å²) in [5.41, 5.74) is -1.29. The minimum Gasteiger partial charge on any atom is -0.501 e. The maximum absolute atomic E-state index is 11.7. The van der Waals surface area contributed by atoms with Gasteiger partial charge in [-0.15, -0.1) is 0 Å². The maximum atomic E-state index is 11.7. The molecular weight excluding hydrogens is 394 g/mol. The molecule has 0 aliphatic heterocycles. The van der Waals surface area contributed by atoms with E-state index in [-0.39, 0.29) is 29.9 Å². The number of aliphatic hydroxyl groups excluding tert-OH is 1. The zero-order valence-electron chi connectivity index (χ0n) is 16.2. The second-order valence-corrected chi connectivity index (χ2v) is 6.64. The Hall–Kier alpha value is -3.59. The normalized spacial score (nSPS) is 11.9. The van der Waals surface area contributed by atoms with E-state index in [1.807, 2.05) is 24.3 Å². The van der Waals surface area contributed by atoms with Crippen LogP contribution in [0.4, 0.5) is 5.69 Å². The topological polar surface area (TPSA) is 132 Å². The average Bonchev–Trinajstić information content (AvgIpc) is 2.71. The summed E-state index contributed by atoms with van der Waals surface area (Å²) < 4.78 is 16.1. The van der Waals surface area contributed by atoms with Gasteiger partial charge in [0.05, 0.1) is 10.3 Å². The largest absolute Gasteiger partial charge is 0.501 e. The third kappa shape index (κ3) is 4.69. The fourth-order valence-electron chi connectivity index (χ4n) is 2.95. The number of nitrogens with zero attached hydrogens (tertiary/aromatic N) is 1. The van der Waals surface area contributed by atoms with Gasteiger partial charge in [0.2, 0.25) is 5.75 Å². The zero-order chi connectivity index (χ0) is 21.7. The number of benzene rings is 2. The fourth-order valence-corrected chi connectivity index (χ4v) is 2.95. The molecular formula is C21H21NO8. The highest BCUT2D eigenvalue weighted by atomic mass is 16.6. The quantitative estimate of drug-likeness (QED) is 0.309. The molecule has 0 aliphatic rings. The summed E-state index contributed by atoms with van der Waals surface area (Å²) >= 11 is 0. The zero-order valence-corrected chi connectivity index (χ0v) is 16.2. The molecule has 0 saturated heterocycles. The number of ether oxygens (including phenoxy) is 2. The average molecular weight is 415 g/mol. The first-order valence-corrected chi connectivity index (χ1v) is 9.36. The van der Waals surface area contributed by atoms with Crippen LogP contribution in [0.3, 0.4) is 0 Å². The fraction of sp³-hybridized carbons (Fsp3) is 0.286. The summed E-state index contributed by atoms with van der Waals surface area (Å²) in [6.07, 6.45) is 0.923. The molecule has 0 saturated carbocycles. The standard InChI is InChI=1S/C21H21NO8/c1-2-5-13-6-3-4-7-17(13)29-12-14(23)11-28-15-8-9-16-18(10-15)30-21(25)19(20(16)24)22(26)27/h3-4,6-10,14,23-24H,2,5,11-12H2,1H3. The van der Waals surface area contributed by atoms with E-state index in [1.54, 1.807) is 0 Å². The summed E-state index contributed by atoms with van der Waals surface area (Å²) in [6.45, 7) is 2.00. The molecule has 2 N–H and O–H groups in total. The second-order valence-electron chi connectivity index (χ2n) is 6.64. The van der Waals surface area contributed by atoms with Crippen molar-refractivity contribution >= 4 is 16.7 Å². The molecule has 9 heteroatoms. The number of fused-ring (bicyclic) bond motifs is 1.